The minimum absolute atomic E-state index is 0. The number of nitrogens with one attached hydrogen (secondary N) is 3. The Morgan fingerprint density at radius 1 is 0.763 bits per heavy atom. The van der Waals surface area contributed by atoms with Crippen LogP contribution in [0.15, 0.2) is 0 Å². The van der Waals surface area contributed by atoms with Crippen molar-refractivity contribution in [2.75, 3.05) is 129 Å². The summed E-state index contributed by atoms with van der Waals surface area (Å²) in [6, 6.07) is 1.34. The monoisotopic (exact) mass is 1060 g/mol. The number of hydrazine groups is 1. The van der Waals surface area contributed by atoms with Gasteiger partial charge in [0, 0.05) is 63.3 Å². The molecule has 2 aliphatic heterocycles. The minimum Gasteiger partial charge on any atom is -0.755 e. The molecule has 0 aliphatic carbocycles. The van der Waals surface area contributed by atoms with Gasteiger partial charge < -0.3 is 76.8 Å². The summed E-state index contributed by atoms with van der Waals surface area (Å²) in [5, 5.41) is 42.0. The summed E-state index contributed by atoms with van der Waals surface area (Å²) in [7, 11) is 16.5. The number of hydrogen-bond acceptors (Lipinski definition) is 18. The molecule has 2 fully saturated rings. The van der Waals surface area contributed by atoms with Crippen molar-refractivity contribution in [3.8, 4) is 6.07 Å². The smallest absolute Gasteiger partial charge is 0.755 e. The Morgan fingerprint density at radius 2 is 1.08 bits per heavy atom. The Labute approximate surface area is 473 Å². The summed E-state index contributed by atoms with van der Waals surface area (Å²) in [4.78, 5) is 35.2. The van der Waals surface area contributed by atoms with Gasteiger partial charge >= 0.3 is 128 Å². The third-order valence-corrected chi connectivity index (χ3v) is 4.31. The Balaban J connectivity index is -0.0000000200. The first-order valence-electron chi connectivity index (χ1n) is 16.1. The molecular weight excluding hydrogens is 958 g/mol. The maximum Gasteiger partial charge on any atom is 1.00 e. The van der Waals surface area contributed by atoms with E-state index in [9.17, 15) is 19.6 Å². The molecule has 0 aromatic carbocycles. The van der Waals surface area contributed by atoms with Gasteiger partial charge in [0.05, 0.1) is 19.2 Å². The van der Waals surface area contributed by atoms with Crippen molar-refractivity contribution < 1.29 is 158 Å². The largest absolute Gasteiger partial charge is 1.00 e. The van der Waals surface area contributed by atoms with Crippen LogP contribution in [0.1, 0.15) is 70.2 Å². The van der Waals surface area contributed by atoms with Crippen LogP contribution in [0.2, 0.25) is 0 Å². The SMILES string of the molecule is C.C.C.C.CC(C)=O.CCCN(C)CC#N.CCCNC.CN.CN.CN.CN.CN.CN1CCN(O)C1=O.CN1CCN([O-])C1=O.CNCCNO.NN.[CH3-].[Ni].[Rb+].[Rb+]. The number of nitrogens with zero attached hydrogens (tertiary/aromatic N) is 6. The van der Waals surface area contributed by atoms with E-state index >= 15 is 0 Å². The molecule has 0 atom stereocenters. The van der Waals surface area contributed by atoms with Crippen LogP contribution >= 0.6 is 0 Å². The van der Waals surface area contributed by atoms with Gasteiger partial charge in [-0.15, -0.1) is 0 Å². The second-order valence-electron chi connectivity index (χ2n) is 8.55. The van der Waals surface area contributed by atoms with Crippen LogP contribution in [0.3, 0.4) is 0 Å². The fourth-order valence-electron chi connectivity index (χ4n) is 2.27. The summed E-state index contributed by atoms with van der Waals surface area (Å²) in [6.07, 6.45) is 2.36. The Morgan fingerprint density at radius 3 is 1.19 bits per heavy atom. The van der Waals surface area contributed by atoms with Crippen LogP contribution in [-0.4, -0.2) is 182 Å². The van der Waals surface area contributed by atoms with Crippen LogP contribution in [0.25, 0.3) is 0 Å². The predicted molar refractivity (Wildman–Crippen MR) is 245 cm³/mol. The van der Waals surface area contributed by atoms with Gasteiger partial charge in [-0.3, -0.25) is 21.8 Å². The normalized spacial score (nSPS) is 9.49. The average Bonchev–Trinajstić information content (AvgIpc) is 3.62. The molecule has 2 aliphatic rings. The number of Topliss-reactive ketones (excluding diaryl/α,β-unsaturated/α-hetero) is 1. The molecule has 366 valence electrons. The van der Waals surface area contributed by atoms with Gasteiger partial charge in [0.25, 0.3) is 0 Å². The third kappa shape index (κ3) is 133. The van der Waals surface area contributed by atoms with E-state index in [1.54, 1.807) is 14.1 Å². The maximum atomic E-state index is 10.5. The van der Waals surface area contributed by atoms with Crippen LogP contribution in [0, 0.1) is 24.0 Å². The van der Waals surface area contributed by atoms with Gasteiger partial charge in [-0.05, 0) is 96.2 Å². The number of carbonyl (C=O) groups excluding carboxylic acids is 3. The molecule has 0 radical (unpaired) electrons. The number of hydrogen-bond donors (Lipinski definition) is 12. The van der Waals surface area contributed by atoms with Gasteiger partial charge in [-0.1, -0.05) is 43.6 Å². The van der Waals surface area contributed by atoms with Gasteiger partial charge in [0.1, 0.15) is 5.78 Å². The van der Waals surface area contributed by atoms with E-state index < -0.39 is 6.03 Å². The van der Waals surface area contributed by atoms with Crippen LogP contribution in [-0.2, 0) is 21.3 Å². The number of hydroxylamine groups is 5. The molecule has 0 saturated carbocycles. The molecule has 0 aromatic heterocycles. The Kier molecular flexibility index (Phi) is 249. The quantitative estimate of drug-likeness (QED) is 0.0205. The predicted octanol–water partition coefficient (Wildman–Crippen LogP) is -5.46. The molecule has 22 nitrogen and oxygen atoms in total. The number of ketones is 1. The van der Waals surface area contributed by atoms with Crippen molar-refractivity contribution in [2.45, 2.75) is 70.2 Å². The molecule has 0 unspecified atom stereocenters. The van der Waals surface area contributed by atoms with Crippen molar-refractivity contribution in [3.05, 3.63) is 12.6 Å². The number of rotatable bonds is 8. The topological polar surface area (TPSA) is 373 Å². The van der Waals surface area contributed by atoms with Crippen molar-refractivity contribution in [3.63, 3.8) is 0 Å². The summed E-state index contributed by atoms with van der Waals surface area (Å²) in [6.45, 7) is 13.3. The van der Waals surface area contributed by atoms with Crippen molar-refractivity contribution in [1.29, 1.82) is 5.26 Å². The second-order valence-corrected chi connectivity index (χ2v) is 8.55. The molecule has 19 N–H and O–H groups in total. The zero-order chi connectivity index (χ0) is 43.2. The summed E-state index contributed by atoms with van der Waals surface area (Å²) >= 11 is 0. The van der Waals surface area contributed by atoms with Gasteiger partial charge in [-0.25, -0.2) is 20.1 Å². The zero-order valence-corrected chi connectivity index (χ0v) is 48.7. The first-order chi connectivity index (χ1) is 24.3. The van der Waals surface area contributed by atoms with Gasteiger partial charge in [-0.2, -0.15) is 5.26 Å². The molecule has 25 heteroatoms. The van der Waals surface area contributed by atoms with E-state index in [4.69, 9.17) is 15.7 Å². The number of nitrogens with two attached hydrogens (primary N) is 7. The molecule has 0 bridgehead atoms. The molecule has 59 heavy (non-hydrogen) atoms. The van der Waals surface area contributed by atoms with Crippen molar-refractivity contribution >= 4 is 17.8 Å². The fraction of sp³-hybridized carbons (Fsp3) is 0.853. The number of amides is 4. The fourth-order valence-corrected chi connectivity index (χ4v) is 2.27. The Bertz CT molecular complexity index is 616. The van der Waals surface area contributed by atoms with Gasteiger partial charge in [0.2, 0.25) is 0 Å². The maximum absolute atomic E-state index is 10.5. The molecule has 2 heterocycles. The number of nitriles is 1. The molecule has 2 saturated heterocycles. The van der Waals surface area contributed by atoms with E-state index in [-0.39, 0.29) is 182 Å². The molecule has 4 amide bonds. The molecule has 0 aromatic rings. The van der Waals surface area contributed by atoms with E-state index in [1.165, 1.54) is 65.3 Å². The number of urea groups is 2. The zero-order valence-electron chi connectivity index (χ0n) is 37.8. The molecule has 0 spiro atoms. The first kappa shape index (κ1) is 118. The minimum atomic E-state index is -0.426. The van der Waals surface area contributed by atoms with E-state index in [0.29, 0.717) is 49.4 Å². The summed E-state index contributed by atoms with van der Waals surface area (Å²) in [5.41, 5.74) is 24.5. The van der Waals surface area contributed by atoms with Crippen molar-refractivity contribution in [1.82, 2.24) is 40.9 Å². The van der Waals surface area contributed by atoms with Crippen molar-refractivity contribution in [2.24, 2.45) is 40.4 Å². The summed E-state index contributed by atoms with van der Waals surface area (Å²) < 4.78 is 0. The van der Waals surface area contributed by atoms with E-state index in [0.717, 1.165) is 26.1 Å². The number of carbonyl (C=O) groups is 3. The Hall–Kier alpha value is 1.24. The summed E-state index contributed by atoms with van der Waals surface area (Å²) in [5.74, 6) is 8.17. The van der Waals surface area contributed by atoms with Crippen LogP contribution in [0.4, 0.5) is 9.59 Å². The average molecular weight is 1060 g/mol. The molecule has 2 rings (SSSR count). The van der Waals surface area contributed by atoms with Crippen LogP contribution in [0.5, 0.6) is 0 Å². The first-order valence-corrected chi connectivity index (χ1v) is 16.1. The van der Waals surface area contributed by atoms with E-state index in [2.05, 4.69) is 70.9 Å². The van der Waals surface area contributed by atoms with Crippen LogP contribution < -0.4 is 173 Å². The van der Waals surface area contributed by atoms with Gasteiger partial charge in [0.15, 0.2) is 0 Å². The number of likely N-dealkylation sites (N-methyl/N-ethyl adjacent to an activating group) is 3. The molecular formula is C34H102N16NiO6Rb2. The standard InChI is InChI=1S/C6H12N2.C4H8N2O2.C4H7N2O2.C4H11N.C3H10N2O.C3H6O.5CH5N.4CH4.CH3.H4N2.Ni.2Rb/c1-3-5-8(2)6-4-7;2*1-5-2-3-6(8)4(5)7;1-3-4-5-2;1-4-2-3-5-6;1-3(2)4;5*1-2;;;;;;1-2;;;/h3,5-6H2,1-2H3;8H,2-3H2,1H3;2-3H2,1H3;5H,3-4H2,1-2H3;4-6H,2-3H2,1H3;1-2H3;5*2H2,1H3;4*1H4;1H3;1-2H2;;;/q;;-1;;;;;;;;;;;;;-1;;;2*+1. The third-order valence-electron chi connectivity index (χ3n) is 4.31. The second kappa shape index (κ2) is 124. The van der Waals surface area contributed by atoms with E-state index in [1.807, 2.05) is 31.5 Å².